The van der Waals surface area contributed by atoms with E-state index < -0.39 is 17.6 Å². The SMILES string of the molecule is CN1CCN(Cc2ccc(C(=O)Nc3cccc(C(F)(F)F)c3)cc2Nc2cc(-c3cccnc3)nc3c2C=CC3)CC1. The maximum atomic E-state index is 13.3. The first-order chi connectivity index (χ1) is 20.7. The Balaban J connectivity index is 1.34. The van der Waals surface area contributed by atoms with E-state index in [1.807, 2.05) is 30.3 Å². The molecular formula is C33H31F3N6O. The minimum absolute atomic E-state index is 0.0778. The summed E-state index contributed by atoms with van der Waals surface area (Å²) in [5.41, 5.74) is 5.82. The number of alkyl halides is 3. The van der Waals surface area contributed by atoms with Gasteiger partial charge >= 0.3 is 6.18 Å². The van der Waals surface area contributed by atoms with Crippen LogP contribution in [0.2, 0.25) is 0 Å². The van der Waals surface area contributed by atoms with Gasteiger partial charge in [0, 0.05) is 85.3 Å². The van der Waals surface area contributed by atoms with Crippen LogP contribution in [-0.4, -0.2) is 58.9 Å². The molecule has 43 heavy (non-hydrogen) atoms. The predicted molar refractivity (Wildman–Crippen MR) is 162 cm³/mol. The second-order valence-corrected chi connectivity index (χ2v) is 10.9. The largest absolute Gasteiger partial charge is 0.416 e. The lowest BCUT2D eigenvalue weighted by Crippen LogP contribution is -2.43. The number of rotatable bonds is 7. The number of nitrogens with zero attached hydrogens (tertiary/aromatic N) is 4. The van der Waals surface area contributed by atoms with Crippen molar-refractivity contribution in [2.45, 2.75) is 19.1 Å². The van der Waals surface area contributed by atoms with Gasteiger partial charge in [-0.2, -0.15) is 13.2 Å². The average molecular weight is 585 g/mol. The van der Waals surface area contributed by atoms with E-state index in [9.17, 15) is 18.0 Å². The van der Waals surface area contributed by atoms with Gasteiger partial charge in [0.1, 0.15) is 0 Å². The lowest BCUT2D eigenvalue weighted by molar-refractivity contribution is -0.137. The summed E-state index contributed by atoms with van der Waals surface area (Å²) in [5, 5.41) is 6.22. The van der Waals surface area contributed by atoms with Crippen molar-refractivity contribution in [2.24, 2.45) is 0 Å². The first-order valence-corrected chi connectivity index (χ1v) is 14.1. The second kappa shape index (κ2) is 12.0. The van der Waals surface area contributed by atoms with E-state index in [1.54, 1.807) is 24.5 Å². The molecule has 0 unspecified atom stereocenters. The normalized spacial score (nSPS) is 15.3. The lowest BCUT2D eigenvalue weighted by atomic mass is 10.0. The van der Waals surface area contributed by atoms with Gasteiger partial charge in [0.05, 0.1) is 17.0 Å². The summed E-state index contributed by atoms with van der Waals surface area (Å²) < 4.78 is 39.7. The summed E-state index contributed by atoms with van der Waals surface area (Å²) in [6.45, 7) is 4.47. The summed E-state index contributed by atoms with van der Waals surface area (Å²) in [6, 6.07) is 15.9. The molecule has 0 bridgehead atoms. The first-order valence-electron chi connectivity index (χ1n) is 14.1. The third-order valence-electron chi connectivity index (χ3n) is 7.77. The third kappa shape index (κ3) is 6.60. The number of amides is 1. The molecule has 2 aliphatic rings. The Morgan fingerprint density at radius 3 is 2.58 bits per heavy atom. The number of nitrogens with one attached hydrogen (secondary N) is 2. The van der Waals surface area contributed by atoms with E-state index in [0.29, 0.717) is 18.5 Å². The third-order valence-corrected chi connectivity index (χ3v) is 7.77. The molecule has 0 spiro atoms. The smallest absolute Gasteiger partial charge is 0.355 e. The highest BCUT2D eigenvalue weighted by Crippen LogP contribution is 2.35. The van der Waals surface area contributed by atoms with Gasteiger partial charge in [-0.05, 0) is 61.1 Å². The quantitative estimate of drug-likeness (QED) is 0.259. The minimum atomic E-state index is -4.50. The molecule has 2 aromatic heterocycles. The molecular weight excluding hydrogens is 553 g/mol. The minimum Gasteiger partial charge on any atom is -0.355 e. The van der Waals surface area contributed by atoms with Crippen LogP contribution in [0.5, 0.6) is 0 Å². The number of hydrogen-bond donors (Lipinski definition) is 2. The van der Waals surface area contributed by atoms with Crippen LogP contribution in [0.15, 0.2) is 79.1 Å². The summed E-state index contributed by atoms with van der Waals surface area (Å²) in [4.78, 5) is 27.1. The van der Waals surface area contributed by atoms with Gasteiger partial charge in [-0.3, -0.25) is 19.7 Å². The Labute approximate surface area is 248 Å². The van der Waals surface area contributed by atoms with E-state index in [2.05, 4.69) is 38.5 Å². The number of carbonyl (C=O) groups is 1. The zero-order chi connectivity index (χ0) is 30.0. The standard InChI is InChI=1S/C33H31F3N6O/c1-41-13-15-42(16-14-41)21-24-11-10-22(32(43)38-26-7-2-6-25(18-26)33(34,35)36)17-29(24)40-31-19-30(23-5-4-12-37-20-23)39-28-9-3-8-27(28)31/h2-8,10-12,17-20H,9,13-16,21H2,1H3,(H,38,43)(H,39,40). The molecule has 2 N–H and O–H groups in total. The Hall–Kier alpha value is -4.54. The fourth-order valence-electron chi connectivity index (χ4n) is 5.34. The predicted octanol–water partition coefficient (Wildman–Crippen LogP) is 6.48. The number of piperazine rings is 1. The molecule has 1 amide bonds. The van der Waals surface area contributed by atoms with Crippen molar-refractivity contribution in [3.8, 4) is 11.3 Å². The molecule has 0 atom stereocenters. The summed E-state index contributed by atoms with van der Waals surface area (Å²) in [6.07, 6.45) is 3.82. The molecule has 1 saturated heterocycles. The van der Waals surface area contributed by atoms with Crippen LogP contribution >= 0.6 is 0 Å². The highest BCUT2D eigenvalue weighted by molar-refractivity contribution is 6.05. The number of fused-ring (bicyclic) bond motifs is 1. The number of pyridine rings is 2. The zero-order valence-electron chi connectivity index (χ0n) is 23.7. The van der Waals surface area contributed by atoms with Gasteiger partial charge < -0.3 is 15.5 Å². The number of hydrogen-bond acceptors (Lipinski definition) is 6. The van der Waals surface area contributed by atoms with Gasteiger partial charge in [-0.1, -0.05) is 24.3 Å². The van der Waals surface area contributed by atoms with Crippen LogP contribution < -0.4 is 10.6 Å². The average Bonchev–Trinajstić information content (AvgIpc) is 3.48. The van der Waals surface area contributed by atoms with Crippen molar-refractivity contribution in [1.82, 2.24) is 19.8 Å². The van der Waals surface area contributed by atoms with Crippen molar-refractivity contribution in [3.05, 3.63) is 107 Å². The van der Waals surface area contributed by atoms with Crippen LogP contribution in [0.25, 0.3) is 17.3 Å². The van der Waals surface area contributed by atoms with Crippen molar-refractivity contribution in [3.63, 3.8) is 0 Å². The molecule has 10 heteroatoms. The van der Waals surface area contributed by atoms with Crippen molar-refractivity contribution < 1.29 is 18.0 Å². The van der Waals surface area contributed by atoms with E-state index in [1.165, 1.54) is 12.1 Å². The molecule has 4 aromatic rings. The monoisotopic (exact) mass is 584 g/mol. The Kier molecular flexibility index (Phi) is 7.96. The Morgan fingerprint density at radius 1 is 0.977 bits per heavy atom. The molecule has 0 radical (unpaired) electrons. The number of likely N-dealkylation sites (N-methyl/N-ethyl adjacent to an activating group) is 1. The highest BCUT2D eigenvalue weighted by atomic mass is 19.4. The van der Waals surface area contributed by atoms with Gasteiger partial charge in [-0.25, -0.2) is 0 Å². The maximum absolute atomic E-state index is 13.3. The summed E-state index contributed by atoms with van der Waals surface area (Å²) in [5.74, 6) is -0.496. The van der Waals surface area contributed by atoms with Gasteiger partial charge in [0.25, 0.3) is 5.91 Å². The van der Waals surface area contributed by atoms with Gasteiger partial charge in [0.2, 0.25) is 0 Å². The van der Waals surface area contributed by atoms with Crippen LogP contribution in [0.4, 0.5) is 30.2 Å². The number of carbonyl (C=O) groups excluding carboxylic acids is 1. The molecule has 0 saturated carbocycles. The molecule has 6 rings (SSSR count). The fourth-order valence-corrected chi connectivity index (χ4v) is 5.34. The Morgan fingerprint density at radius 2 is 1.81 bits per heavy atom. The first kappa shape index (κ1) is 28.6. The molecule has 2 aromatic carbocycles. The topological polar surface area (TPSA) is 73.4 Å². The molecule has 220 valence electrons. The molecule has 1 aliphatic carbocycles. The van der Waals surface area contributed by atoms with Crippen LogP contribution in [0.1, 0.15) is 32.7 Å². The van der Waals surface area contributed by atoms with Crippen molar-refractivity contribution >= 4 is 29.0 Å². The van der Waals surface area contributed by atoms with Gasteiger partial charge in [-0.15, -0.1) is 0 Å². The lowest BCUT2D eigenvalue weighted by Gasteiger charge is -2.33. The van der Waals surface area contributed by atoms with Crippen LogP contribution in [0, 0.1) is 0 Å². The van der Waals surface area contributed by atoms with Crippen molar-refractivity contribution in [1.29, 1.82) is 0 Å². The van der Waals surface area contributed by atoms with Crippen LogP contribution in [0.3, 0.4) is 0 Å². The highest BCUT2D eigenvalue weighted by Gasteiger charge is 2.30. The molecule has 1 aliphatic heterocycles. The molecule has 3 heterocycles. The number of anilines is 3. The van der Waals surface area contributed by atoms with E-state index in [-0.39, 0.29) is 5.69 Å². The van der Waals surface area contributed by atoms with E-state index >= 15 is 0 Å². The van der Waals surface area contributed by atoms with Crippen molar-refractivity contribution in [2.75, 3.05) is 43.9 Å². The number of halogens is 3. The number of aromatic nitrogens is 2. The number of benzene rings is 2. The van der Waals surface area contributed by atoms with E-state index in [0.717, 1.165) is 77.8 Å². The van der Waals surface area contributed by atoms with E-state index in [4.69, 9.17) is 4.98 Å². The molecule has 7 nitrogen and oxygen atoms in total. The zero-order valence-corrected chi connectivity index (χ0v) is 23.7. The van der Waals surface area contributed by atoms with Crippen LogP contribution in [-0.2, 0) is 19.1 Å². The number of allylic oxidation sites excluding steroid dienone is 1. The fraction of sp³-hybridized carbons (Fsp3) is 0.242. The Bertz CT molecular complexity index is 1660. The van der Waals surface area contributed by atoms with Gasteiger partial charge in [0.15, 0.2) is 0 Å². The summed E-state index contributed by atoms with van der Waals surface area (Å²) in [7, 11) is 2.11. The maximum Gasteiger partial charge on any atom is 0.416 e. The molecule has 1 fully saturated rings. The summed E-state index contributed by atoms with van der Waals surface area (Å²) >= 11 is 0. The second-order valence-electron chi connectivity index (χ2n) is 10.9.